The zero-order valence-electron chi connectivity index (χ0n) is 17.0. The minimum absolute atomic E-state index is 0.0671. The van der Waals surface area contributed by atoms with Gasteiger partial charge in [0.05, 0.1) is 0 Å². The average Bonchev–Trinajstić information content (AvgIpc) is 2.70. The molecule has 0 aliphatic heterocycles. The van der Waals surface area contributed by atoms with E-state index in [4.69, 9.17) is 4.74 Å². The van der Waals surface area contributed by atoms with Gasteiger partial charge in [0.1, 0.15) is 12.4 Å². The number of ketones is 1. The van der Waals surface area contributed by atoms with Crippen molar-refractivity contribution >= 4 is 29.3 Å². The maximum Gasteiger partial charge on any atom is 0.325 e. The molecule has 30 heavy (non-hydrogen) atoms. The normalized spacial score (nSPS) is 10.8. The third-order valence-electron chi connectivity index (χ3n) is 3.99. The van der Waals surface area contributed by atoms with E-state index in [1.54, 1.807) is 32.9 Å². The van der Waals surface area contributed by atoms with Crippen molar-refractivity contribution in [2.24, 2.45) is 5.41 Å². The second-order valence-corrected chi connectivity index (χ2v) is 7.56. The fourth-order valence-electron chi connectivity index (χ4n) is 2.22. The molecule has 0 aromatic heterocycles. The molecule has 0 aliphatic rings. The maximum atomic E-state index is 13.1. The number of rotatable bonds is 7. The van der Waals surface area contributed by atoms with E-state index in [-0.39, 0.29) is 11.5 Å². The van der Waals surface area contributed by atoms with Crippen LogP contribution in [0.3, 0.4) is 0 Å². The second kappa shape index (κ2) is 9.78. The van der Waals surface area contributed by atoms with Crippen LogP contribution < -0.4 is 10.6 Å². The van der Waals surface area contributed by atoms with Crippen molar-refractivity contribution in [2.45, 2.75) is 20.8 Å². The van der Waals surface area contributed by atoms with Crippen molar-refractivity contribution in [3.05, 3.63) is 65.5 Å². The first-order chi connectivity index (χ1) is 14.1. The van der Waals surface area contributed by atoms with Crippen LogP contribution in [0.5, 0.6) is 0 Å². The van der Waals surface area contributed by atoms with Gasteiger partial charge in [0.15, 0.2) is 12.4 Å². The quantitative estimate of drug-likeness (QED) is 0.536. The number of halogens is 1. The summed E-state index contributed by atoms with van der Waals surface area (Å²) in [5, 5.41) is 5.04. The summed E-state index contributed by atoms with van der Waals surface area (Å²) in [6.45, 7) is 4.40. The van der Waals surface area contributed by atoms with Crippen LogP contribution in [0.15, 0.2) is 48.5 Å². The van der Waals surface area contributed by atoms with E-state index in [1.165, 1.54) is 30.3 Å². The van der Waals surface area contributed by atoms with Gasteiger partial charge in [-0.25, -0.2) is 4.39 Å². The summed E-state index contributed by atoms with van der Waals surface area (Å²) in [6, 6.07) is 11.2. The van der Waals surface area contributed by atoms with E-state index < -0.39 is 42.0 Å². The third-order valence-corrected chi connectivity index (χ3v) is 3.99. The van der Waals surface area contributed by atoms with Gasteiger partial charge >= 0.3 is 5.97 Å². The molecule has 0 saturated carbocycles. The first-order valence-electron chi connectivity index (χ1n) is 9.20. The van der Waals surface area contributed by atoms with Crippen LogP contribution in [-0.4, -0.2) is 36.7 Å². The van der Waals surface area contributed by atoms with Crippen molar-refractivity contribution in [3.63, 3.8) is 0 Å². The minimum Gasteiger partial charge on any atom is -0.456 e. The molecule has 0 unspecified atom stereocenters. The zero-order chi connectivity index (χ0) is 22.3. The number of esters is 1. The van der Waals surface area contributed by atoms with Gasteiger partial charge in [-0.15, -0.1) is 0 Å². The number of carbonyl (C=O) groups is 4. The van der Waals surface area contributed by atoms with Gasteiger partial charge in [-0.2, -0.15) is 0 Å². The van der Waals surface area contributed by atoms with Crippen LogP contribution >= 0.6 is 0 Å². The van der Waals surface area contributed by atoms with Gasteiger partial charge < -0.3 is 15.4 Å². The van der Waals surface area contributed by atoms with Crippen molar-refractivity contribution in [2.75, 3.05) is 18.5 Å². The Morgan fingerprint density at radius 1 is 0.967 bits per heavy atom. The highest BCUT2D eigenvalue weighted by Gasteiger charge is 2.21. The Morgan fingerprint density at radius 3 is 2.23 bits per heavy atom. The Morgan fingerprint density at radius 2 is 1.63 bits per heavy atom. The number of Topliss-reactive ketones (excluding diaryl/α,β-unsaturated/α-hetero) is 1. The molecule has 0 bridgehead atoms. The van der Waals surface area contributed by atoms with Crippen LogP contribution in [0.25, 0.3) is 0 Å². The van der Waals surface area contributed by atoms with Crippen LogP contribution in [0, 0.1) is 11.2 Å². The average molecular weight is 414 g/mol. The fraction of sp³-hybridized carbons (Fsp3) is 0.273. The van der Waals surface area contributed by atoms with E-state index in [0.29, 0.717) is 11.3 Å². The monoisotopic (exact) mass is 414 g/mol. The summed E-state index contributed by atoms with van der Waals surface area (Å²) in [5.74, 6) is -2.60. The molecule has 2 rings (SSSR count). The van der Waals surface area contributed by atoms with Crippen LogP contribution in [0.2, 0.25) is 0 Å². The lowest BCUT2D eigenvalue weighted by Gasteiger charge is -2.17. The van der Waals surface area contributed by atoms with Crippen molar-refractivity contribution in [1.29, 1.82) is 0 Å². The van der Waals surface area contributed by atoms with Crippen molar-refractivity contribution in [1.82, 2.24) is 5.32 Å². The Hall–Kier alpha value is -3.55. The number of amides is 2. The van der Waals surface area contributed by atoms with Gasteiger partial charge in [-0.1, -0.05) is 26.8 Å². The standard InChI is InChI=1S/C22H23FN2O5/c1-22(2,3)21(29)25-17-9-7-14(8-10-17)18(26)13-30-19(27)12-24-20(28)15-5-4-6-16(23)11-15/h4-11H,12-13H2,1-3H3,(H,24,28)(H,25,29). The predicted molar refractivity (Wildman–Crippen MR) is 109 cm³/mol. The van der Waals surface area contributed by atoms with Crippen LogP contribution in [0.4, 0.5) is 10.1 Å². The molecule has 0 radical (unpaired) electrons. The molecule has 0 fully saturated rings. The van der Waals surface area contributed by atoms with Crippen LogP contribution in [0.1, 0.15) is 41.5 Å². The Balaban J connectivity index is 1.80. The van der Waals surface area contributed by atoms with E-state index in [0.717, 1.165) is 6.07 Å². The highest BCUT2D eigenvalue weighted by atomic mass is 19.1. The summed E-state index contributed by atoms with van der Waals surface area (Å²) >= 11 is 0. The number of anilines is 1. The molecule has 2 aromatic carbocycles. The van der Waals surface area contributed by atoms with E-state index in [2.05, 4.69) is 10.6 Å². The Labute approximate surface area is 173 Å². The lowest BCUT2D eigenvalue weighted by molar-refractivity contribution is -0.141. The van der Waals surface area contributed by atoms with E-state index in [1.807, 2.05) is 0 Å². The zero-order valence-corrected chi connectivity index (χ0v) is 17.0. The molecule has 0 saturated heterocycles. The number of hydrogen-bond donors (Lipinski definition) is 2. The SMILES string of the molecule is CC(C)(C)C(=O)Nc1ccc(C(=O)COC(=O)CNC(=O)c2cccc(F)c2)cc1. The number of ether oxygens (including phenoxy) is 1. The lowest BCUT2D eigenvalue weighted by Crippen LogP contribution is -2.31. The molecule has 7 nitrogen and oxygen atoms in total. The molecule has 0 atom stereocenters. The number of nitrogens with one attached hydrogen (secondary N) is 2. The molecule has 8 heteroatoms. The van der Waals surface area contributed by atoms with Gasteiger partial charge in [0, 0.05) is 22.2 Å². The summed E-state index contributed by atoms with van der Waals surface area (Å²) in [6.07, 6.45) is 0. The highest BCUT2D eigenvalue weighted by molar-refractivity contribution is 6.00. The second-order valence-electron chi connectivity index (χ2n) is 7.56. The van der Waals surface area contributed by atoms with Crippen molar-refractivity contribution in [3.8, 4) is 0 Å². The van der Waals surface area contributed by atoms with Gasteiger partial charge in [0.25, 0.3) is 5.91 Å². The first kappa shape index (κ1) is 22.7. The van der Waals surface area contributed by atoms with Gasteiger partial charge in [0.2, 0.25) is 5.91 Å². The molecule has 0 aliphatic carbocycles. The summed E-state index contributed by atoms with van der Waals surface area (Å²) in [7, 11) is 0. The van der Waals surface area contributed by atoms with E-state index in [9.17, 15) is 23.6 Å². The summed E-state index contributed by atoms with van der Waals surface area (Å²) in [4.78, 5) is 47.7. The topological polar surface area (TPSA) is 102 Å². The Bertz CT molecular complexity index is 949. The Kier molecular flexibility index (Phi) is 7.41. The van der Waals surface area contributed by atoms with Crippen LogP contribution in [-0.2, 0) is 14.3 Å². The smallest absolute Gasteiger partial charge is 0.325 e. The minimum atomic E-state index is -0.804. The molecule has 158 valence electrons. The fourth-order valence-corrected chi connectivity index (χ4v) is 2.22. The summed E-state index contributed by atoms with van der Waals surface area (Å²) in [5.41, 5.74) is 0.369. The molecule has 2 aromatic rings. The number of benzene rings is 2. The third kappa shape index (κ3) is 6.80. The molecule has 0 spiro atoms. The van der Waals surface area contributed by atoms with E-state index >= 15 is 0 Å². The number of carbonyl (C=O) groups excluding carboxylic acids is 4. The lowest BCUT2D eigenvalue weighted by atomic mass is 9.95. The number of hydrogen-bond acceptors (Lipinski definition) is 5. The molecule has 2 amide bonds. The predicted octanol–water partition coefficient (Wildman–Crippen LogP) is 2.97. The van der Waals surface area contributed by atoms with Gasteiger partial charge in [-0.3, -0.25) is 19.2 Å². The highest BCUT2D eigenvalue weighted by Crippen LogP contribution is 2.18. The first-order valence-corrected chi connectivity index (χ1v) is 9.20. The maximum absolute atomic E-state index is 13.1. The summed E-state index contributed by atoms with van der Waals surface area (Å²) < 4.78 is 18.0. The molecule has 2 N–H and O–H groups in total. The van der Waals surface area contributed by atoms with Crippen molar-refractivity contribution < 1.29 is 28.3 Å². The molecular formula is C22H23FN2O5. The largest absolute Gasteiger partial charge is 0.456 e. The van der Waals surface area contributed by atoms with Gasteiger partial charge in [-0.05, 0) is 42.5 Å². The molecular weight excluding hydrogens is 391 g/mol. The molecule has 0 heterocycles.